The van der Waals surface area contributed by atoms with Gasteiger partial charge in [-0.3, -0.25) is 0 Å². The van der Waals surface area contributed by atoms with Gasteiger partial charge < -0.3 is 5.11 Å². The summed E-state index contributed by atoms with van der Waals surface area (Å²) < 4.78 is 0. The van der Waals surface area contributed by atoms with E-state index >= 15 is 0 Å². The maximum Gasteiger partial charge on any atom is 0.0681 e. The van der Waals surface area contributed by atoms with Crippen molar-refractivity contribution >= 4 is 0 Å². The van der Waals surface area contributed by atoms with Crippen molar-refractivity contribution in [1.29, 1.82) is 0 Å². The molecule has 0 amide bonds. The fourth-order valence-electron chi connectivity index (χ4n) is 2.62. The van der Waals surface area contributed by atoms with E-state index in [0.29, 0.717) is 5.92 Å². The predicted octanol–water partition coefficient (Wildman–Crippen LogP) is 3.26. The zero-order valence-corrected chi connectivity index (χ0v) is 9.85. The Balaban J connectivity index is 2.76. The Kier molecular flexibility index (Phi) is 4.00. The van der Waals surface area contributed by atoms with Crippen molar-refractivity contribution in [1.82, 2.24) is 0 Å². The van der Waals surface area contributed by atoms with Gasteiger partial charge in [-0.05, 0) is 29.7 Å². The van der Waals surface area contributed by atoms with E-state index in [-0.39, 0.29) is 11.5 Å². The van der Waals surface area contributed by atoms with Crippen LogP contribution in [0.25, 0.3) is 10.4 Å². The van der Waals surface area contributed by atoms with Crippen LogP contribution in [-0.4, -0.2) is 17.3 Å². The van der Waals surface area contributed by atoms with Gasteiger partial charge in [0.2, 0.25) is 0 Å². The van der Waals surface area contributed by atoms with Crippen LogP contribution in [0, 0.1) is 11.3 Å². The number of azide groups is 1. The summed E-state index contributed by atoms with van der Waals surface area (Å²) in [6, 6.07) is -0.230. The highest BCUT2D eigenvalue weighted by Gasteiger charge is 2.48. The molecule has 1 rings (SSSR count). The van der Waals surface area contributed by atoms with Crippen LogP contribution in [0.1, 0.15) is 46.5 Å². The lowest BCUT2D eigenvalue weighted by molar-refractivity contribution is 0.0279. The van der Waals surface area contributed by atoms with E-state index in [2.05, 4.69) is 30.8 Å². The molecule has 1 saturated carbocycles. The number of hydrogen-bond acceptors (Lipinski definition) is 2. The minimum absolute atomic E-state index is 0.0745. The molecule has 4 heteroatoms. The first-order valence-electron chi connectivity index (χ1n) is 5.78. The molecule has 0 saturated heterocycles. The van der Waals surface area contributed by atoms with E-state index in [9.17, 15) is 5.11 Å². The molecule has 1 fully saturated rings. The highest BCUT2D eigenvalue weighted by atomic mass is 16.3. The summed E-state index contributed by atoms with van der Waals surface area (Å²) in [5.74, 6) is 0.426. The topological polar surface area (TPSA) is 69.0 Å². The lowest BCUT2D eigenvalue weighted by Gasteiger charge is -2.33. The Morgan fingerprint density at radius 2 is 2.27 bits per heavy atom. The van der Waals surface area contributed by atoms with Gasteiger partial charge in [0.05, 0.1) is 12.1 Å². The maximum atomic E-state index is 10.2. The Bertz CT molecular complexity index is 263. The van der Waals surface area contributed by atoms with Crippen LogP contribution >= 0.6 is 0 Å². The molecule has 0 aliphatic heterocycles. The number of rotatable bonds is 4. The second kappa shape index (κ2) is 4.86. The fraction of sp³-hybridized carbons (Fsp3) is 1.00. The third-order valence-corrected chi connectivity index (χ3v) is 4.03. The van der Waals surface area contributed by atoms with E-state index in [1.54, 1.807) is 0 Å². The first-order chi connectivity index (χ1) is 7.06. The zero-order chi connectivity index (χ0) is 11.5. The lowest BCUT2D eigenvalue weighted by atomic mass is 9.75. The molecule has 1 aliphatic rings. The summed E-state index contributed by atoms with van der Waals surface area (Å²) in [4.78, 5) is 2.81. The van der Waals surface area contributed by atoms with Crippen molar-refractivity contribution in [2.75, 3.05) is 0 Å². The number of unbranched alkanes of at least 4 members (excludes halogenated alkanes) is 1. The molecular weight excluding hydrogens is 190 g/mol. The monoisotopic (exact) mass is 211 g/mol. The van der Waals surface area contributed by atoms with Gasteiger partial charge in [-0.25, -0.2) is 0 Å². The number of hydrogen-bond donors (Lipinski definition) is 1. The third kappa shape index (κ3) is 2.27. The molecule has 0 aromatic heterocycles. The van der Waals surface area contributed by atoms with Crippen LogP contribution in [0.2, 0.25) is 0 Å². The summed E-state index contributed by atoms with van der Waals surface area (Å²) in [5.41, 5.74) is 8.35. The van der Waals surface area contributed by atoms with Gasteiger partial charge in [0.25, 0.3) is 0 Å². The van der Waals surface area contributed by atoms with Gasteiger partial charge in [0.15, 0.2) is 0 Å². The maximum absolute atomic E-state index is 10.2. The summed E-state index contributed by atoms with van der Waals surface area (Å²) in [6.07, 6.45) is 3.62. The first-order valence-corrected chi connectivity index (χ1v) is 5.78. The Morgan fingerprint density at radius 1 is 1.60 bits per heavy atom. The van der Waals surface area contributed by atoms with Crippen molar-refractivity contribution in [3.63, 3.8) is 0 Å². The van der Waals surface area contributed by atoms with Crippen molar-refractivity contribution in [3.8, 4) is 0 Å². The quantitative estimate of drug-likeness (QED) is 0.433. The second-order valence-electron chi connectivity index (χ2n) is 4.96. The van der Waals surface area contributed by atoms with Gasteiger partial charge >= 0.3 is 0 Å². The van der Waals surface area contributed by atoms with Crippen molar-refractivity contribution in [2.45, 2.75) is 58.6 Å². The number of aliphatic hydroxyl groups is 1. The Morgan fingerprint density at radius 3 is 2.80 bits per heavy atom. The van der Waals surface area contributed by atoms with Crippen molar-refractivity contribution in [2.24, 2.45) is 16.4 Å². The van der Waals surface area contributed by atoms with Crippen LogP contribution in [0.15, 0.2) is 5.11 Å². The zero-order valence-electron chi connectivity index (χ0n) is 9.85. The average Bonchev–Trinajstić information content (AvgIpc) is 2.42. The Hall–Kier alpha value is -0.730. The first kappa shape index (κ1) is 12.3. The standard InChI is InChI=1S/C11H21N3O/c1-4-5-6-11(3)8(2)7-9(10(11)15)13-14-12/h8-10,15H,4-7H2,1-3H3/t8?,9?,10-,11-/m0/s1. The summed E-state index contributed by atoms with van der Waals surface area (Å²) in [7, 11) is 0. The van der Waals surface area contributed by atoms with Gasteiger partial charge in [0.1, 0.15) is 0 Å². The van der Waals surface area contributed by atoms with Crippen LogP contribution in [0.5, 0.6) is 0 Å². The summed E-state index contributed by atoms with van der Waals surface area (Å²) >= 11 is 0. The van der Waals surface area contributed by atoms with Crippen molar-refractivity contribution < 1.29 is 5.11 Å². The summed E-state index contributed by atoms with van der Waals surface area (Å²) in [5, 5.41) is 13.9. The molecule has 0 bridgehead atoms. The lowest BCUT2D eigenvalue weighted by Crippen LogP contribution is -2.35. The average molecular weight is 211 g/mol. The molecule has 1 aliphatic carbocycles. The van der Waals surface area contributed by atoms with E-state index in [1.807, 2.05) is 0 Å². The van der Waals surface area contributed by atoms with Crippen LogP contribution in [-0.2, 0) is 0 Å². The largest absolute Gasteiger partial charge is 0.392 e. The molecule has 0 radical (unpaired) electrons. The Labute approximate surface area is 91.3 Å². The van der Waals surface area contributed by atoms with E-state index in [4.69, 9.17) is 5.53 Å². The molecule has 2 unspecified atom stereocenters. The van der Waals surface area contributed by atoms with Gasteiger partial charge in [-0.2, -0.15) is 0 Å². The van der Waals surface area contributed by atoms with E-state index < -0.39 is 6.10 Å². The third-order valence-electron chi connectivity index (χ3n) is 4.03. The molecule has 4 nitrogen and oxygen atoms in total. The van der Waals surface area contributed by atoms with Crippen molar-refractivity contribution in [3.05, 3.63) is 10.4 Å². The molecule has 0 heterocycles. The number of nitrogens with zero attached hydrogens (tertiary/aromatic N) is 3. The molecule has 0 aromatic rings. The van der Waals surface area contributed by atoms with Crippen LogP contribution in [0.3, 0.4) is 0 Å². The molecule has 15 heavy (non-hydrogen) atoms. The molecular formula is C11H21N3O. The number of aliphatic hydroxyl groups excluding tert-OH is 1. The van der Waals surface area contributed by atoms with E-state index in [0.717, 1.165) is 25.7 Å². The van der Waals surface area contributed by atoms with E-state index in [1.165, 1.54) is 0 Å². The van der Waals surface area contributed by atoms with Gasteiger partial charge in [-0.15, -0.1) is 0 Å². The van der Waals surface area contributed by atoms with Gasteiger partial charge in [0, 0.05) is 4.91 Å². The second-order valence-corrected chi connectivity index (χ2v) is 4.96. The molecule has 86 valence electrons. The molecule has 4 atom stereocenters. The molecule has 0 aromatic carbocycles. The minimum atomic E-state index is -0.477. The highest BCUT2D eigenvalue weighted by Crippen LogP contribution is 2.47. The smallest absolute Gasteiger partial charge is 0.0681 e. The fourth-order valence-corrected chi connectivity index (χ4v) is 2.62. The minimum Gasteiger partial charge on any atom is -0.392 e. The highest BCUT2D eigenvalue weighted by molar-refractivity contribution is 5.01. The predicted molar refractivity (Wildman–Crippen MR) is 60.4 cm³/mol. The normalized spacial score (nSPS) is 40.1. The van der Waals surface area contributed by atoms with Crippen LogP contribution in [0.4, 0.5) is 0 Å². The molecule has 0 spiro atoms. The van der Waals surface area contributed by atoms with Gasteiger partial charge in [-0.1, -0.05) is 38.7 Å². The molecule has 1 N–H and O–H groups in total. The summed E-state index contributed by atoms with van der Waals surface area (Å²) in [6.45, 7) is 6.41. The van der Waals surface area contributed by atoms with Crippen LogP contribution < -0.4 is 0 Å². The SMILES string of the molecule is CCCC[C@@]1(C)C(C)CC(N=[N+]=[N-])[C@@H]1O.